The fourth-order valence-corrected chi connectivity index (χ4v) is 2.73. The highest BCUT2D eigenvalue weighted by atomic mass is 32.2. The SMILES string of the molecule is CN(C)S(=O)(=O)c1cc(C(=O)NC2(C(=O)O)CCOC2)co1. The highest BCUT2D eigenvalue weighted by Gasteiger charge is 2.44. The van der Waals surface area contributed by atoms with Crippen LogP contribution in [-0.2, 0) is 19.6 Å². The van der Waals surface area contributed by atoms with Crippen LogP contribution >= 0.6 is 0 Å². The van der Waals surface area contributed by atoms with Crippen molar-refractivity contribution >= 4 is 21.9 Å². The molecule has 1 fully saturated rings. The lowest BCUT2D eigenvalue weighted by Crippen LogP contribution is -2.55. The number of ether oxygens (including phenoxy) is 1. The number of amides is 1. The lowest BCUT2D eigenvalue weighted by atomic mass is 9.98. The van der Waals surface area contributed by atoms with Gasteiger partial charge in [0.15, 0.2) is 5.54 Å². The van der Waals surface area contributed by atoms with Crippen molar-refractivity contribution in [3.63, 3.8) is 0 Å². The van der Waals surface area contributed by atoms with E-state index >= 15 is 0 Å². The Labute approximate surface area is 126 Å². The van der Waals surface area contributed by atoms with Gasteiger partial charge in [0.1, 0.15) is 6.26 Å². The van der Waals surface area contributed by atoms with Crippen LogP contribution in [-0.4, -0.2) is 62.6 Å². The first-order chi connectivity index (χ1) is 10.2. The largest absolute Gasteiger partial charge is 0.479 e. The van der Waals surface area contributed by atoms with Crippen LogP contribution in [0.25, 0.3) is 0 Å². The molecule has 0 bridgehead atoms. The van der Waals surface area contributed by atoms with Crippen molar-refractivity contribution in [3.05, 3.63) is 17.9 Å². The number of aliphatic carboxylic acids is 1. The molecule has 2 rings (SSSR count). The first kappa shape index (κ1) is 16.5. The minimum Gasteiger partial charge on any atom is -0.479 e. The Morgan fingerprint density at radius 2 is 2.09 bits per heavy atom. The van der Waals surface area contributed by atoms with Crippen molar-refractivity contribution in [1.29, 1.82) is 0 Å². The predicted octanol–water partition coefficient (Wildman–Crippen LogP) is -0.497. The van der Waals surface area contributed by atoms with E-state index in [1.165, 1.54) is 14.1 Å². The molecule has 1 aliphatic rings. The molecular weight excluding hydrogens is 316 g/mol. The predicted molar refractivity (Wildman–Crippen MR) is 72.8 cm³/mol. The number of rotatable bonds is 5. The summed E-state index contributed by atoms with van der Waals surface area (Å²) in [7, 11) is -1.15. The van der Waals surface area contributed by atoms with Crippen molar-refractivity contribution < 1.29 is 32.3 Å². The lowest BCUT2D eigenvalue weighted by molar-refractivity contribution is -0.144. The summed E-state index contributed by atoms with van der Waals surface area (Å²) in [4.78, 5) is 23.4. The van der Waals surface area contributed by atoms with E-state index in [0.29, 0.717) is 0 Å². The van der Waals surface area contributed by atoms with Gasteiger partial charge in [-0.25, -0.2) is 17.5 Å². The van der Waals surface area contributed by atoms with Gasteiger partial charge in [-0.1, -0.05) is 0 Å². The molecule has 1 saturated heterocycles. The molecule has 0 aromatic carbocycles. The van der Waals surface area contributed by atoms with Crippen LogP contribution in [0.3, 0.4) is 0 Å². The number of hydrogen-bond acceptors (Lipinski definition) is 6. The summed E-state index contributed by atoms with van der Waals surface area (Å²) < 4.78 is 34.6. The molecule has 9 nitrogen and oxygen atoms in total. The van der Waals surface area contributed by atoms with Gasteiger partial charge >= 0.3 is 5.97 Å². The van der Waals surface area contributed by atoms with E-state index in [0.717, 1.165) is 16.6 Å². The molecule has 0 saturated carbocycles. The third kappa shape index (κ3) is 2.85. The minimum absolute atomic E-state index is 0.0760. The van der Waals surface area contributed by atoms with E-state index in [2.05, 4.69) is 5.32 Å². The average Bonchev–Trinajstić information content (AvgIpc) is 3.07. The van der Waals surface area contributed by atoms with Crippen LogP contribution in [0.5, 0.6) is 0 Å². The van der Waals surface area contributed by atoms with Gasteiger partial charge in [0, 0.05) is 33.2 Å². The molecule has 1 unspecified atom stereocenters. The maximum atomic E-state index is 12.1. The van der Waals surface area contributed by atoms with Crippen molar-refractivity contribution in [1.82, 2.24) is 9.62 Å². The Morgan fingerprint density at radius 1 is 1.41 bits per heavy atom. The van der Waals surface area contributed by atoms with E-state index in [-0.39, 0.29) is 25.2 Å². The number of furan rings is 1. The van der Waals surface area contributed by atoms with Gasteiger partial charge in [-0.2, -0.15) is 0 Å². The third-order valence-corrected chi connectivity index (χ3v) is 5.04. The van der Waals surface area contributed by atoms with Crippen molar-refractivity contribution in [2.75, 3.05) is 27.3 Å². The van der Waals surface area contributed by atoms with Gasteiger partial charge in [-0.3, -0.25) is 4.79 Å². The molecule has 1 atom stereocenters. The molecule has 1 aliphatic heterocycles. The van der Waals surface area contributed by atoms with Crippen LogP contribution in [0.2, 0.25) is 0 Å². The smallest absolute Gasteiger partial charge is 0.331 e. The van der Waals surface area contributed by atoms with Crippen molar-refractivity contribution in [3.8, 4) is 0 Å². The molecule has 22 heavy (non-hydrogen) atoms. The molecule has 1 aromatic rings. The fraction of sp³-hybridized carbons (Fsp3) is 0.500. The maximum Gasteiger partial charge on any atom is 0.331 e. The third-order valence-electron chi connectivity index (χ3n) is 3.36. The van der Waals surface area contributed by atoms with E-state index in [1.54, 1.807) is 0 Å². The highest BCUT2D eigenvalue weighted by molar-refractivity contribution is 7.88. The second-order valence-corrected chi connectivity index (χ2v) is 7.17. The second kappa shape index (κ2) is 5.71. The lowest BCUT2D eigenvalue weighted by Gasteiger charge is -2.23. The van der Waals surface area contributed by atoms with Gasteiger partial charge < -0.3 is 19.6 Å². The first-order valence-corrected chi connectivity index (χ1v) is 7.78. The highest BCUT2D eigenvalue weighted by Crippen LogP contribution is 2.21. The molecule has 1 amide bonds. The number of carboxylic acid groups (broad SMARTS) is 1. The number of carbonyl (C=O) groups excluding carboxylic acids is 1. The van der Waals surface area contributed by atoms with Gasteiger partial charge in [-0.15, -0.1) is 0 Å². The van der Waals surface area contributed by atoms with Gasteiger partial charge in [0.2, 0.25) is 5.09 Å². The zero-order valence-electron chi connectivity index (χ0n) is 12.0. The number of carboxylic acids is 1. The average molecular weight is 332 g/mol. The van der Waals surface area contributed by atoms with Crippen molar-refractivity contribution in [2.24, 2.45) is 0 Å². The molecule has 0 radical (unpaired) electrons. The van der Waals surface area contributed by atoms with Crippen LogP contribution in [0.1, 0.15) is 16.8 Å². The number of carbonyl (C=O) groups is 2. The van der Waals surface area contributed by atoms with Crippen LogP contribution in [0, 0.1) is 0 Å². The molecule has 2 N–H and O–H groups in total. The quantitative estimate of drug-likeness (QED) is 0.744. The molecular formula is C12H16N2O7S. The van der Waals surface area contributed by atoms with E-state index in [9.17, 15) is 23.1 Å². The zero-order valence-corrected chi connectivity index (χ0v) is 12.8. The molecule has 2 heterocycles. The Balaban J connectivity index is 2.21. The van der Waals surface area contributed by atoms with Crippen LogP contribution in [0.15, 0.2) is 21.8 Å². The monoisotopic (exact) mass is 332 g/mol. The number of nitrogens with one attached hydrogen (secondary N) is 1. The first-order valence-electron chi connectivity index (χ1n) is 6.34. The normalized spacial score (nSPS) is 22.0. The summed E-state index contributed by atoms with van der Waals surface area (Å²) in [6.07, 6.45) is 1.10. The summed E-state index contributed by atoms with van der Waals surface area (Å²) >= 11 is 0. The molecule has 0 spiro atoms. The number of nitrogens with zero attached hydrogens (tertiary/aromatic N) is 1. The van der Waals surface area contributed by atoms with E-state index in [4.69, 9.17) is 9.15 Å². The summed E-state index contributed by atoms with van der Waals surface area (Å²) in [5, 5.41) is 11.2. The minimum atomic E-state index is -3.80. The van der Waals surface area contributed by atoms with E-state index < -0.39 is 32.5 Å². The number of sulfonamides is 1. The molecule has 122 valence electrons. The van der Waals surface area contributed by atoms with Crippen LogP contribution < -0.4 is 5.32 Å². The summed E-state index contributed by atoms with van der Waals surface area (Å²) in [6, 6.07) is 1.05. The summed E-state index contributed by atoms with van der Waals surface area (Å²) in [5.74, 6) is -1.94. The summed E-state index contributed by atoms with van der Waals surface area (Å²) in [5.41, 5.74) is -1.58. The standard InChI is InChI=1S/C12H16N2O7S/c1-14(2)22(18,19)9-5-8(6-21-9)10(15)13-12(11(16)17)3-4-20-7-12/h5-6H,3-4,7H2,1-2H3,(H,13,15)(H,16,17). The molecule has 0 aliphatic carbocycles. The maximum absolute atomic E-state index is 12.1. The Kier molecular flexibility index (Phi) is 4.27. The Morgan fingerprint density at radius 3 is 2.59 bits per heavy atom. The van der Waals surface area contributed by atoms with Gasteiger partial charge in [-0.05, 0) is 0 Å². The van der Waals surface area contributed by atoms with Crippen LogP contribution in [0.4, 0.5) is 0 Å². The molecule has 10 heteroatoms. The Hall–Kier alpha value is -1.91. The molecule has 1 aromatic heterocycles. The Bertz CT molecular complexity index is 686. The van der Waals surface area contributed by atoms with Gasteiger partial charge in [0.05, 0.1) is 12.2 Å². The number of hydrogen-bond donors (Lipinski definition) is 2. The second-order valence-electron chi connectivity index (χ2n) is 5.09. The zero-order chi connectivity index (χ0) is 16.5. The van der Waals surface area contributed by atoms with E-state index in [1.807, 2.05) is 0 Å². The topological polar surface area (TPSA) is 126 Å². The van der Waals surface area contributed by atoms with Crippen molar-refractivity contribution in [2.45, 2.75) is 17.1 Å². The fourth-order valence-electron chi connectivity index (χ4n) is 1.93. The summed E-state index contributed by atoms with van der Waals surface area (Å²) in [6.45, 7) is 0.0764. The van der Waals surface area contributed by atoms with Gasteiger partial charge in [0.25, 0.3) is 15.9 Å².